The van der Waals surface area contributed by atoms with Gasteiger partial charge in [0.25, 0.3) is 0 Å². The third-order valence-corrected chi connectivity index (χ3v) is 11.6. The van der Waals surface area contributed by atoms with Gasteiger partial charge >= 0.3 is 5.97 Å². The topological polar surface area (TPSA) is 95.9 Å². The first-order chi connectivity index (χ1) is 27.5. The summed E-state index contributed by atoms with van der Waals surface area (Å²) in [7, 11) is 0. The SMILES string of the molecule is CCCC/C=C\CCCCCCCC(=O)OCCCCCCCCCCCCCCCCC(=O)NC(CO)C(O)CCCCCCCCCCCCCCCC. The van der Waals surface area contributed by atoms with Crippen LogP contribution in [0.15, 0.2) is 12.2 Å². The minimum atomic E-state index is -0.670. The lowest BCUT2D eigenvalue weighted by Gasteiger charge is -2.22. The van der Waals surface area contributed by atoms with E-state index in [1.807, 2.05) is 0 Å². The predicted molar refractivity (Wildman–Crippen MR) is 241 cm³/mol. The van der Waals surface area contributed by atoms with Gasteiger partial charge in [-0.3, -0.25) is 9.59 Å². The molecule has 56 heavy (non-hydrogen) atoms. The lowest BCUT2D eigenvalue weighted by Crippen LogP contribution is -2.45. The normalized spacial score (nSPS) is 12.7. The van der Waals surface area contributed by atoms with Gasteiger partial charge in [0.1, 0.15) is 0 Å². The number of aliphatic hydroxyl groups is 2. The Morgan fingerprint density at radius 2 is 0.857 bits per heavy atom. The number of rotatable bonds is 46. The van der Waals surface area contributed by atoms with Crippen molar-refractivity contribution in [3.8, 4) is 0 Å². The predicted octanol–water partition coefficient (Wildman–Crippen LogP) is 14.6. The van der Waals surface area contributed by atoms with Gasteiger partial charge in [-0.25, -0.2) is 0 Å². The van der Waals surface area contributed by atoms with Gasteiger partial charge in [-0.2, -0.15) is 0 Å². The quantitative estimate of drug-likeness (QED) is 0.0324. The van der Waals surface area contributed by atoms with Crippen LogP contribution in [0, 0.1) is 0 Å². The highest BCUT2D eigenvalue weighted by Gasteiger charge is 2.20. The van der Waals surface area contributed by atoms with Gasteiger partial charge in [0.2, 0.25) is 5.91 Å². The molecule has 0 saturated heterocycles. The number of ether oxygens (including phenoxy) is 1. The highest BCUT2D eigenvalue weighted by atomic mass is 16.5. The van der Waals surface area contributed by atoms with Crippen LogP contribution >= 0.6 is 0 Å². The number of esters is 1. The summed E-state index contributed by atoms with van der Waals surface area (Å²) < 4.78 is 5.44. The molecule has 0 aromatic carbocycles. The molecule has 0 heterocycles. The van der Waals surface area contributed by atoms with E-state index in [-0.39, 0.29) is 18.5 Å². The summed E-state index contributed by atoms with van der Waals surface area (Å²) in [6.45, 7) is 4.89. The molecule has 6 heteroatoms. The van der Waals surface area contributed by atoms with Crippen molar-refractivity contribution >= 4 is 11.9 Å². The lowest BCUT2D eigenvalue weighted by molar-refractivity contribution is -0.143. The van der Waals surface area contributed by atoms with Crippen molar-refractivity contribution < 1.29 is 24.5 Å². The van der Waals surface area contributed by atoms with Gasteiger partial charge in [-0.05, 0) is 44.9 Å². The van der Waals surface area contributed by atoms with Crippen molar-refractivity contribution in [2.24, 2.45) is 0 Å². The zero-order chi connectivity index (χ0) is 40.8. The Balaban J connectivity index is 3.45. The summed E-state index contributed by atoms with van der Waals surface area (Å²) in [6, 6.07) is -0.548. The van der Waals surface area contributed by atoms with E-state index in [4.69, 9.17) is 4.74 Å². The second-order valence-electron chi connectivity index (χ2n) is 17.1. The molecule has 2 unspecified atom stereocenters. The standard InChI is InChI=1S/C50H97NO5/c1-3-5-7-9-11-13-15-16-19-23-26-30-34-38-42-48(53)47(46-52)51-49(54)43-39-35-31-27-24-20-17-18-21-25-29-33-37-41-45-56-50(55)44-40-36-32-28-22-14-12-10-8-6-4-2/h10,12,47-48,52-53H,3-9,11,13-46H2,1-2H3,(H,51,54)/b12-10-. The third kappa shape index (κ3) is 42.2. The maximum Gasteiger partial charge on any atom is 0.305 e. The van der Waals surface area contributed by atoms with Crippen molar-refractivity contribution in [3.63, 3.8) is 0 Å². The highest BCUT2D eigenvalue weighted by Crippen LogP contribution is 2.16. The largest absolute Gasteiger partial charge is 0.466 e. The van der Waals surface area contributed by atoms with E-state index in [2.05, 4.69) is 31.3 Å². The van der Waals surface area contributed by atoms with E-state index in [0.29, 0.717) is 25.9 Å². The maximum absolute atomic E-state index is 12.4. The van der Waals surface area contributed by atoms with Crippen LogP contribution in [0.25, 0.3) is 0 Å². The Bertz CT molecular complexity index is 832. The molecule has 0 spiro atoms. The molecular formula is C50H97NO5. The van der Waals surface area contributed by atoms with Crippen molar-refractivity contribution in [3.05, 3.63) is 12.2 Å². The molecule has 332 valence electrons. The highest BCUT2D eigenvalue weighted by molar-refractivity contribution is 5.76. The van der Waals surface area contributed by atoms with Crippen LogP contribution in [0.4, 0.5) is 0 Å². The number of carbonyl (C=O) groups excluding carboxylic acids is 2. The Hall–Kier alpha value is -1.40. The molecule has 1 amide bonds. The molecule has 6 nitrogen and oxygen atoms in total. The van der Waals surface area contributed by atoms with Crippen molar-refractivity contribution in [2.75, 3.05) is 13.2 Å². The van der Waals surface area contributed by atoms with Crippen LogP contribution in [0.2, 0.25) is 0 Å². The van der Waals surface area contributed by atoms with Crippen LogP contribution in [-0.4, -0.2) is 47.4 Å². The van der Waals surface area contributed by atoms with Gasteiger partial charge in [0.05, 0.1) is 25.4 Å². The fourth-order valence-corrected chi connectivity index (χ4v) is 7.68. The zero-order valence-corrected chi connectivity index (χ0v) is 37.6. The second-order valence-corrected chi connectivity index (χ2v) is 17.1. The van der Waals surface area contributed by atoms with E-state index in [0.717, 1.165) is 51.4 Å². The van der Waals surface area contributed by atoms with Gasteiger partial charge in [-0.1, -0.05) is 225 Å². The van der Waals surface area contributed by atoms with Gasteiger partial charge in [-0.15, -0.1) is 0 Å². The molecule has 3 N–H and O–H groups in total. The Morgan fingerprint density at radius 1 is 0.482 bits per heavy atom. The molecular weight excluding hydrogens is 695 g/mol. The van der Waals surface area contributed by atoms with Gasteiger partial charge in [0.15, 0.2) is 0 Å². The zero-order valence-electron chi connectivity index (χ0n) is 37.6. The molecule has 2 atom stereocenters. The molecule has 0 aromatic rings. The fourth-order valence-electron chi connectivity index (χ4n) is 7.68. The number of hydrogen-bond donors (Lipinski definition) is 3. The summed E-state index contributed by atoms with van der Waals surface area (Å²) in [4.78, 5) is 24.4. The number of hydrogen-bond acceptors (Lipinski definition) is 5. The first kappa shape index (κ1) is 54.6. The summed E-state index contributed by atoms with van der Waals surface area (Å²) in [5.41, 5.74) is 0. The molecule has 0 bridgehead atoms. The van der Waals surface area contributed by atoms with E-state index in [1.54, 1.807) is 0 Å². The monoisotopic (exact) mass is 792 g/mol. The van der Waals surface area contributed by atoms with Crippen molar-refractivity contribution in [2.45, 2.75) is 283 Å². The Labute approximate surface area is 349 Å². The van der Waals surface area contributed by atoms with Crippen LogP contribution < -0.4 is 5.32 Å². The van der Waals surface area contributed by atoms with E-state index < -0.39 is 12.1 Å². The van der Waals surface area contributed by atoms with Crippen LogP contribution in [-0.2, 0) is 14.3 Å². The molecule has 0 aliphatic rings. The first-order valence-corrected chi connectivity index (χ1v) is 24.9. The number of aliphatic hydroxyl groups excluding tert-OH is 2. The molecule has 0 aliphatic carbocycles. The summed E-state index contributed by atoms with van der Waals surface area (Å²) >= 11 is 0. The average molecular weight is 792 g/mol. The summed E-state index contributed by atoms with van der Waals surface area (Å²) in [5.74, 6) is -0.0585. The molecule has 0 radical (unpaired) electrons. The number of carbonyl (C=O) groups is 2. The molecule has 0 rings (SSSR count). The smallest absolute Gasteiger partial charge is 0.305 e. The number of allylic oxidation sites excluding steroid dienone is 2. The van der Waals surface area contributed by atoms with Crippen molar-refractivity contribution in [1.82, 2.24) is 5.32 Å². The Morgan fingerprint density at radius 3 is 1.32 bits per heavy atom. The van der Waals surface area contributed by atoms with Crippen molar-refractivity contribution in [1.29, 1.82) is 0 Å². The number of nitrogens with one attached hydrogen (secondary N) is 1. The number of unbranched alkanes of at least 4 members (excludes halogenated alkanes) is 33. The maximum atomic E-state index is 12.4. The summed E-state index contributed by atoms with van der Waals surface area (Å²) in [6.07, 6.45) is 51.7. The molecule has 0 aromatic heterocycles. The number of amides is 1. The average Bonchev–Trinajstić information content (AvgIpc) is 3.20. The Kier molecular flexibility index (Phi) is 45.1. The first-order valence-electron chi connectivity index (χ1n) is 24.9. The minimum Gasteiger partial charge on any atom is -0.466 e. The second kappa shape index (κ2) is 46.3. The summed E-state index contributed by atoms with van der Waals surface area (Å²) in [5, 5.41) is 23.2. The lowest BCUT2D eigenvalue weighted by atomic mass is 10.0. The molecule has 0 aliphatic heterocycles. The fraction of sp³-hybridized carbons (Fsp3) is 0.920. The van der Waals surface area contributed by atoms with Gasteiger partial charge in [0, 0.05) is 12.8 Å². The van der Waals surface area contributed by atoms with Crippen LogP contribution in [0.1, 0.15) is 271 Å². The van der Waals surface area contributed by atoms with Crippen LogP contribution in [0.5, 0.6) is 0 Å². The van der Waals surface area contributed by atoms with Gasteiger partial charge < -0.3 is 20.3 Å². The van der Waals surface area contributed by atoms with E-state index >= 15 is 0 Å². The van der Waals surface area contributed by atoms with Crippen LogP contribution in [0.3, 0.4) is 0 Å². The van der Waals surface area contributed by atoms with E-state index in [9.17, 15) is 19.8 Å². The molecule has 0 fully saturated rings. The minimum absolute atomic E-state index is 0.0132. The molecule has 0 saturated carbocycles. The van der Waals surface area contributed by atoms with E-state index in [1.165, 1.54) is 186 Å². The third-order valence-electron chi connectivity index (χ3n) is 11.6.